The Morgan fingerprint density at radius 1 is 1.17 bits per heavy atom. The van der Waals surface area contributed by atoms with Crippen molar-refractivity contribution in [2.75, 3.05) is 33.4 Å². The zero-order valence-electron chi connectivity index (χ0n) is 10.1. The Morgan fingerprint density at radius 2 is 1.67 bits per heavy atom. The molecular formula is C11H17NO5S. The fraction of sp³-hybridized carbons (Fsp3) is 0.455. The molecule has 1 heterocycles. The maximum Gasteiger partial charge on any atom is 0.294 e. The third-order valence-electron chi connectivity index (χ3n) is 2.37. The Kier molecular flexibility index (Phi) is 5.54. The molecule has 2 N–H and O–H groups in total. The van der Waals surface area contributed by atoms with Gasteiger partial charge in [-0.25, -0.2) is 0 Å². The summed E-state index contributed by atoms with van der Waals surface area (Å²) in [4.78, 5) is 2.04. The van der Waals surface area contributed by atoms with Gasteiger partial charge in [0.15, 0.2) is 0 Å². The number of benzene rings is 1. The summed E-state index contributed by atoms with van der Waals surface area (Å²) in [6, 6.07) is 4.60. The average Bonchev–Trinajstić information content (AvgIpc) is 2.30. The second-order valence-electron chi connectivity index (χ2n) is 3.88. The maximum absolute atomic E-state index is 10.4. The van der Waals surface area contributed by atoms with Crippen LogP contribution in [0.4, 0.5) is 0 Å². The largest absolute Gasteiger partial charge is 0.508 e. The van der Waals surface area contributed by atoms with Crippen LogP contribution in [0.15, 0.2) is 29.2 Å². The minimum absolute atomic E-state index is 0.0441. The first-order valence-corrected chi connectivity index (χ1v) is 6.86. The topological polar surface area (TPSA) is 87.1 Å². The lowest BCUT2D eigenvalue weighted by molar-refractivity contribution is 0.0503. The van der Waals surface area contributed by atoms with Crippen molar-refractivity contribution in [3.8, 4) is 5.75 Å². The van der Waals surface area contributed by atoms with Crippen molar-refractivity contribution in [2.45, 2.75) is 4.90 Å². The summed E-state index contributed by atoms with van der Waals surface area (Å²) in [5, 5.41) is 8.75. The van der Waals surface area contributed by atoms with Crippen molar-refractivity contribution in [3.63, 3.8) is 0 Å². The lowest BCUT2D eigenvalue weighted by Crippen LogP contribution is -2.32. The molecular weight excluding hydrogens is 258 g/mol. The van der Waals surface area contributed by atoms with Crippen LogP contribution in [0.2, 0.25) is 0 Å². The van der Waals surface area contributed by atoms with E-state index in [1.54, 1.807) is 0 Å². The van der Waals surface area contributed by atoms with Gasteiger partial charge in [0, 0.05) is 13.1 Å². The highest BCUT2D eigenvalue weighted by Crippen LogP contribution is 2.13. The average molecular weight is 275 g/mol. The van der Waals surface area contributed by atoms with Crippen LogP contribution in [0.1, 0.15) is 0 Å². The second-order valence-corrected chi connectivity index (χ2v) is 5.31. The minimum atomic E-state index is -4.13. The van der Waals surface area contributed by atoms with Crippen molar-refractivity contribution in [1.29, 1.82) is 0 Å². The zero-order chi connectivity index (χ0) is 13.6. The molecule has 0 radical (unpaired) electrons. The molecule has 1 aromatic carbocycles. The Bertz CT molecular complexity index is 451. The van der Waals surface area contributed by atoms with Crippen LogP contribution in [0.5, 0.6) is 5.75 Å². The molecule has 0 aliphatic carbocycles. The molecule has 0 atom stereocenters. The molecule has 0 bridgehead atoms. The summed E-state index contributed by atoms with van der Waals surface area (Å²) in [5.41, 5.74) is 0. The predicted octanol–water partition coefficient (Wildman–Crippen LogP) is 0.587. The van der Waals surface area contributed by atoms with Gasteiger partial charge in [-0.05, 0) is 31.3 Å². The zero-order valence-corrected chi connectivity index (χ0v) is 10.9. The number of hydrogen-bond donors (Lipinski definition) is 2. The highest BCUT2D eigenvalue weighted by atomic mass is 32.2. The number of likely N-dealkylation sites (N-methyl/N-ethyl adjacent to an activating group) is 1. The van der Waals surface area contributed by atoms with Crippen LogP contribution >= 0.6 is 0 Å². The van der Waals surface area contributed by atoms with E-state index < -0.39 is 10.1 Å². The SMILES string of the molecule is CN1CCOCC1.O=S(=O)(O)c1ccc(O)cc1. The molecule has 1 aromatic rings. The third kappa shape index (κ3) is 5.46. The molecule has 102 valence electrons. The number of ether oxygens (including phenoxy) is 1. The van der Waals surface area contributed by atoms with Crippen LogP contribution < -0.4 is 0 Å². The first kappa shape index (κ1) is 14.9. The van der Waals surface area contributed by atoms with Gasteiger partial charge in [-0.3, -0.25) is 4.55 Å². The number of rotatable bonds is 1. The first-order chi connectivity index (χ1) is 8.39. The summed E-state index contributed by atoms with van der Waals surface area (Å²) in [6.45, 7) is 4.02. The monoisotopic (exact) mass is 275 g/mol. The summed E-state index contributed by atoms with van der Waals surface area (Å²) < 4.78 is 34.4. The molecule has 1 aliphatic heterocycles. The fourth-order valence-electron chi connectivity index (χ4n) is 1.27. The van der Waals surface area contributed by atoms with E-state index in [4.69, 9.17) is 14.4 Å². The molecule has 0 saturated carbocycles. The molecule has 1 aliphatic rings. The van der Waals surface area contributed by atoms with E-state index in [9.17, 15) is 8.42 Å². The molecule has 0 aromatic heterocycles. The van der Waals surface area contributed by atoms with Crippen molar-refractivity contribution in [2.24, 2.45) is 0 Å². The molecule has 18 heavy (non-hydrogen) atoms. The standard InChI is InChI=1S/C6H6O4S.C5H11NO/c7-5-1-3-6(4-2-5)11(8,9)10;1-6-2-4-7-5-3-6/h1-4,7H,(H,8,9,10);2-5H2,1H3. The molecule has 1 fully saturated rings. The minimum Gasteiger partial charge on any atom is -0.508 e. The Balaban J connectivity index is 0.000000199. The van der Waals surface area contributed by atoms with Gasteiger partial charge in [0.05, 0.1) is 18.1 Å². The highest BCUT2D eigenvalue weighted by Gasteiger charge is 2.07. The normalized spacial score (nSPS) is 16.8. The maximum atomic E-state index is 10.4. The molecule has 6 nitrogen and oxygen atoms in total. The number of morpholine rings is 1. The van der Waals surface area contributed by atoms with Crippen LogP contribution in [-0.4, -0.2) is 56.3 Å². The predicted molar refractivity (Wildman–Crippen MR) is 66.2 cm³/mol. The number of nitrogens with zero attached hydrogens (tertiary/aromatic N) is 1. The van der Waals surface area contributed by atoms with E-state index in [0.717, 1.165) is 38.4 Å². The summed E-state index contributed by atoms with van der Waals surface area (Å²) >= 11 is 0. The summed E-state index contributed by atoms with van der Waals surface area (Å²) in [5.74, 6) is -0.0441. The van der Waals surface area contributed by atoms with E-state index in [-0.39, 0.29) is 10.6 Å². The molecule has 0 amide bonds. The van der Waals surface area contributed by atoms with E-state index >= 15 is 0 Å². The van der Waals surface area contributed by atoms with Crippen molar-refractivity contribution in [1.82, 2.24) is 4.90 Å². The van der Waals surface area contributed by atoms with Gasteiger partial charge >= 0.3 is 0 Å². The quantitative estimate of drug-likeness (QED) is 0.729. The van der Waals surface area contributed by atoms with Gasteiger partial charge < -0.3 is 14.7 Å². The van der Waals surface area contributed by atoms with Crippen LogP contribution in [0.3, 0.4) is 0 Å². The van der Waals surface area contributed by atoms with Gasteiger partial charge in [-0.2, -0.15) is 8.42 Å². The van der Waals surface area contributed by atoms with Gasteiger partial charge in [-0.1, -0.05) is 0 Å². The first-order valence-electron chi connectivity index (χ1n) is 5.42. The highest BCUT2D eigenvalue weighted by molar-refractivity contribution is 7.85. The van der Waals surface area contributed by atoms with Gasteiger partial charge in [0.1, 0.15) is 5.75 Å². The molecule has 2 rings (SSSR count). The lowest BCUT2D eigenvalue weighted by atomic mass is 10.3. The molecule has 7 heteroatoms. The van der Waals surface area contributed by atoms with Crippen molar-refractivity contribution >= 4 is 10.1 Å². The summed E-state index contributed by atoms with van der Waals surface area (Å²) in [6.07, 6.45) is 0. The number of aromatic hydroxyl groups is 1. The molecule has 0 spiro atoms. The molecule has 0 unspecified atom stereocenters. The Labute approximate surface area is 107 Å². The van der Waals surface area contributed by atoms with E-state index in [0.29, 0.717) is 0 Å². The van der Waals surface area contributed by atoms with Crippen LogP contribution in [0.25, 0.3) is 0 Å². The third-order valence-corrected chi connectivity index (χ3v) is 3.24. The van der Waals surface area contributed by atoms with E-state index in [2.05, 4.69) is 11.9 Å². The number of phenols is 1. The fourth-order valence-corrected chi connectivity index (χ4v) is 1.75. The van der Waals surface area contributed by atoms with Crippen LogP contribution in [-0.2, 0) is 14.9 Å². The lowest BCUT2D eigenvalue weighted by Gasteiger charge is -2.21. The smallest absolute Gasteiger partial charge is 0.294 e. The number of hydrogen-bond acceptors (Lipinski definition) is 5. The van der Waals surface area contributed by atoms with E-state index in [1.165, 1.54) is 12.1 Å². The van der Waals surface area contributed by atoms with Gasteiger partial charge in [-0.15, -0.1) is 0 Å². The van der Waals surface area contributed by atoms with Crippen molar-refractivity contribution in [3.05, 3.63) is 24.3 Å². The summed E-state index contributed by atoms with van der Waals surface area (Å²) in [7, 11) is -2.02. The van der Waals surface area contributed by atoms with Gasteiger partial charge in [0.2, 0.25) is 0 Å². The Morgan fingerprint density at radius 3 is 2.00 bits per heavy atom. The Hall–Kier alpha value is -1.15. The molecule has 1 saturated heterocycles. The van der Waals surface area contributed by atoms with E-state index in [1.807, 2.05) is 0 Å². The second kappa shape index (κ2) is 6.69. The van der Waals surface area contributed by atoms with Crippen molar-refractivity contribution < 1.29 is 22.8 Å². The van der Waals surface area contributed by atoms with Gasteiger partial charge in [0.25, 0.3) is 10.1 Å². The van der Waals surface area contributed by atoms with Crippen LogP contribution in [0, 0.1) is 0 Å². The number of phenolic OH excluding ortho intramolecular Hbond substituents is 1.